The van der Waals surface area contributed by atoms with Crippen LogP contribution in [0.25, 0.3) is 0 Å². The molecule has 0 saturated carbocycles. The Bertz CT molecular complexity index is 290. The number of halogens is 1. The van der Waals surface area contributed by atoms with Gasteiger partial charge in [-0.2, -0.15) is 0 Å². The van der Waals surface area contributed by atoms with Crippen LogP contribution in [-0.4, -0.2) is 45.0 Å². The van der Waals surface area contributed by atoms with E-state index in [0.717, 1.165) is 12.8 Å². The Morgan fingerprint density at radius 3 is 1.04 bits per heavy atom. The highest BCUT2D eigenvalue weighted by Gasteiger charge is 2.41. The predicted octanol–water partition coefficient (Wildman–Crippen LogP) is 2.30. The number of quaternary nitrogens is 1. The summed E-state index contributed by atoms with van der Waals surface area (Å²) in [5.41, 5.74) is 0. The molecule has 0 aliphatic rings. The molecule has 4 nitrogen and oxygen atoms in total. The fourth-order valence-corrected chi connectivity index (χ4v) is 4.08. The van der Waals surface area contributed by atoms with E-state index in [1.165, 1.54) is 77.0 Å². The zero-order valence-corrected chi connectivity index (χ0v) is 20.7. The number of aliphatic hydroxyl groups excluding tert-OH is 3. The first-order valence-corrected chi connectivity index (χ1v) is 11.3. The maximum absolute atomic E-state index is 10.1. The van der Waals surface area contributed by atoms with Gasteiger partial charge in [0.05, 0.1) is 6.54 Å². The van der Waals surface area contributed by atoms with Crippen LogP contribution >= 0.6 is 0 Å². The molecule has 0 aromatic heterocycles. The van der Waals surface area contributed by atoms with Crippen LogP contribution in [0, 0.1) is 0 Å². The van der Waals surface area contributed by atoms with E-state index in [9.17, 15) is 15.3 Å². The van der Waals surface area contributed by atoms with Crippen LogP contribution in [0.1, 0.15) is 118 Å². The molecule has 166 valence electrons. The van der Waals surface area contributed by atoms with Crippen molar-refractivity contribution in [3.8, 4) is 0 Å². The molecule has 0 rings (SSSR count). The molecule has 0 spiro atoms. The van der Waals surface area contributed by atoms with Crippen molar-refractivity contribution >= 4 is 0 Å². The smallest absolute Gasteiger partial charge is 0.191 e. The number of hydrogen-bond donors (Lipinski definition) is 3. The largest absolute Gasteiger partial charge is 1.00 e. The van der Waals surface area contributed by atoms with Gasteiger partial charge >= 0.3 is 0 Å². The quantitative estimate of drug-likeness (QED) is 0.117. The van der Waals surface area contributed by atoms with Crippen molar-refractivity contribution in [3.63, 3.8) is 0 Å². The second-order valence-corrected chi connectivity index (χ2v) is 8.21. The zero-order chi connectivity index (χ0) is 19.8. The highest BCUT2D eigenvalue weighted by Crippen LogP contribution is 2.23. The van der Waals surface area contributed by atoms with E-state index < -0.39 is 18.7 Å². The van der Waals surface area contributed by atoms with Gasteiger partial charge in [0.15, 0.2) is 18.7 Å². The summed E-state index contributed by atoms with van der Waals surface area (Å²) in [5.74, 6) is 0. The minimum Gasteiger partial charge on any atom is -1.00 e. The second kappa shape index (κ2) is 18.6. The number of aliphatic hydroxyl groups is 3. The summed E-state index contributed by atoms with van der Waals surface area (Å²) in [4.78, 5) is 0. The Balaban J connectivity index is 0. The third-order valence-electron chi connectivity index (χ3n) is 5.99. The van der Waals surface area contributed by atoms with Gasteiger partial charge in [0, 0.05) is 20.8 Å². The van der Waals surface area contributed by atoms with Crippen molar-refractivity contribution in [1.29, 1.82) is 0 Å². The summed E-state index contributed by atoms with van der Waals surface area (Å²) < 4.78 is -0.0434. The molecule has 27 heavy (non-hydrogen) atoms. The van der Waals surface area contributed by atoms with Gasteiger partial charge in [-0.25, -0.2) is 4.48 Å². The van der Waals surface area contributed by atoms with Crippen LogP contribution in [-0.2, 0) is 0 Å². The third-order valence-corrected chi connectivity index (χ3v) is 5.99. The highest BCUT2D eigenvalue weighted by molar-refractivity contribution is 4.52. The predicted molar refractivity (Wildman–Crippen MR) is 110 cm³/mol. The van der Waals surface area contributed by atoms with Crippen molar-refractivity contribution in [3.05, 3.63) is 0 Å². The average Bonchev–Trinajstić information content (AvgIpc) is 2.57. The van der Waals surface area contributed by atoms with Crippen molar-refractivity contribution < 1.29 is 43.8 Å². The minimum absolute atomic E-state index is 0. The van der Waals surface area contributed by atoms with Gasteiger partial charge in [0.25, 0.3) is 0 Å². The summed E-state index contributed by atoms with van der Waals surface area (Å²) in [7, 11) is 0. The van der Waals surface area contributed by atoms with Gasteiger partial charge in [-0.3, -0.25) is 0 Å². The normalized spacial score (nSPS) is 17.0. The van der Waals surface area contributed by atoms with Crippen LogP contribution < -0.4 is 24.0 Å². The lowest BCUT2D eigenvalue weighted by Crippen LogP contribution is -3.00. The number of nitrogens with zero attached hydrogens (tertiary/aromatic N) is 1. The molecule has 3 unspecified atom stereocenters. The van der Waals surface area contributed by atoms with E-state index in [4.69, 9.17) is 0 Å². The Morgan fingerprint density at radius 1 is 0.519 bits per heavy atom. The van der Waals surface area contributed by atoms with Gasteiger partial charge < -0.3 is 39.3 Å². The van der Waals surface area contributed by atoms with Crippen LogP contribution in [0.2, 0.25) is 0 Å². The molecule has 0 saturated heterocycles. The van der Waals surface area contributed by atoms with Crippen LogP contribution in [0.4, 0.5) is 0 Å². The van der Waals surface area contributed by atoms with E-state index >= 15 is 0 Å². The van der Waals surface area contributed by atoms with Crippen molar-refractivity contribution in [2.75, 3.05) is 6.54 Å². The lowest BCUT2D eigenvalue weighted by molar-refractivity contribution is -1.04. The molecule has 0 aliphatic carbocycles. The fraction of sp³-hybridized carbons (Fsp3) is 1.00. The highest BCUT2D eigenvalue weighted by atomic mass is 127. The summed E-state index contributed by atoms with van der Waals surface area (Å²) in [5, 5.41) is 30.2. The molecule has 0 bridgehead atoms. The van der Waals surface area contributed by atoms with Gasteiger partial charge in [0.1, 0.15) is 0 Å². The first-order chi connectivity index (χ1) is 12.4. The van der Waals surface area contributed by atoms with E-state index in [1.54, 1.807) is 20.8 Å². The van der Waals surface area contributed by atoms with Crippen molar-refractivity contribution in [2.45, 2.75) is 136 Å². The minimum atomic E-state index is -0.767. The Morgan fingerprint density at radius 2 is 0.778 bits per heavy atom. The first kappa shape index (κ1) is 29.8. The third kappa shape index (κ3) is 12.7. The Hall–Kier alpha value is 0.570. The van der Waals surface area contributed by atoms with Gasteiger partial charge in [-0.1, -0.05) is 84.0 Å². The number of hydrogen-bond acceptors (Lipinski definition) is 3. The molecule has 0 heterocycles. The van der Waals surface area contributed by atoms with Gasteiger partial charge in [-0.05, 0) is 12.8 Å². The summed E-state index contributed by atoms with van der Waals surface area (Å²) in [6, 6.07) is 0. The van der Waals surface area contributed by atoms with Crippen molar-refractivity contribution in [1.82, 2.24) is 0 Å². The maximum Gasteiger partial charge on any atom is 0.191 e. The molecule has 0 aliphatic heterocycles. The summed E-state index contributed by atoms with van der Waals surface area (Å²) in [6.45, 7) is 7.85. The zero-order valence-electron chi connectivity index (χ0n) is 18.5. The van der Waals surface area contributed by atoms with E-state index in [-0.39, 0.29) is 28.5 Å². The molecule has 0 fully saturated rings. The molecule has 3 N–H and O–H groups in total. The molecule has 5 heteroatoms. The maximum atomic E-state index is 10.1. The summed E-state index contributed by atoms with van der Waals surface area (Å²) >= 11 is 0. The van der Waals surface area contributed by atoms with E-state index in [0.29, 0.717) is 6.54 Å². The van der Waals surface area contributed by atoms with E-state index in [1.807, 2.05) is 0 Å². The fourth-order valence-electron chi connectivity index (χ4n) is 4.08. The average molecular weight is 502 g/mol. The van der Waals surface area contributed by atoms with E-state index in [2.05, 4.69) is 6.92 Å². The molecular weight excluding hydrogens is 453 g/mol. The number of unbranched alkanes of at least 4 members (excludes halogenated alkanes) is 13. The lowest BCUT2D eigenvalue weighted by atomic mass is 10.0. The Labute approximate surface area is 186 Å². The monoisotopic (exact) mass is 501 g/mol. The van der Waals surface area contributed by atoms with Gasteiger partial charge in [0.2, 0.25) is 0 Å². The molecule has 0 amide bonds. The SMILES string of the molecule is CCCCCCCCCCCCCCCC[N+](C(C)O)(C(C)O)C(C)O.[I-]. The first-order valence-electron chi connectivity index (χ1n) is 11.3. The van der Waals surface area contributed by atoms with Crippen LogP contribution in [0.5, 0.6) is 0 Å². The second-order valence-electron chi connectivity index (χ2n) is 8.21. The van der Waals surface area contributed by atoms with Crippen LogP contribution in [0.15, 0.2) is 0 Å². The molecular formula is C22H48INO3. The molecule has 0 radical (unpaired) electrons. The topological polar surface area (TPSA) is 60.7 Å². The standard InChI is InChI=1S/C22H48NO3.HI/c1-5-6-7-8-9-10-11-12-13-14-15-16-17-18-19-23(20(2)24,21(3)25)22(4)26;/h20-22,24-26H,5-19H2,1-4H3;1H/q+1;/p-1. The number of rotatable bonds is 18. The molecule has 0 aromatic rings. The van der Waals surface area contributed by atoms with Crippen LogP contribution in [0.3, 0.4) is 0 Å². The van der Waals surface area contributed by atoms with Crippen molar-refractivity contribution in [2.24, 2.45) is 0 Å². The molecule has 3 atom stereocenters. The summed E-state index contributed by atoms with van der Waals surface area (Å²) in [6.07, 6.45) is 16.0. The Kier molecular flexibility index (Phi) is 20.5. The molecule has 0 aromatic carbocycles. The lowest BCUT2D eigenvalue weighted by Gasteiger charge is -2.45. The van der Waals surface area contributed by atoms with Gasteiger partial charge in [-0.15, -0.1) is 0 Å².